The lowest BCUT2D eigenvalue weighted by atomic mass is 10.0. The SMILES string of the molecule is COc1cc(/C=C/c2ccc(N(C)C)cc2)c(OC)cc1/C=C/c1ccc(C)cc1. The maximum Gasteiger partial charge on any atom is 0.126 e. The summed E-state index contributed by atoms with van der Waals surface area (Å²) in [7, 11) is 7.46. The summed E-state index contributed by atoms with van der Waals surface area (Å²) in [4.78, 5) is 2.09. The highest BCUT2D eigenvalue weighted by atomic mass is 16.5. The quantitative estimate of drug-likeness (QED) is 0.428. The van der Waals surface area contributed by atoms with Crippen molar-refractivity contribution in [2.75, 3.05) is 33.2 Å². The van der Waals surface area contributed by atoms with Crippen LogP contribution in [-0.4, -0.2) is 28.3 Å². The van der Waals surface area contributed by atoms with Crippen LogP contribution in [0.3, 0.4) is 0 Å². The first-order valence-electron chi connectivity index (χ1n) is 9.96. The number of benzene rings is 3. The molecule has 0 fully saturated rings. The zero-order valence-electron chi connectivity index (χ0n) is 18.3. The van der Waals surface area contributed by atoms with Gasteiger partial charge in [0.25, 0.3) is 0 Å². The van der Waals surface area contributed by atoms with Crippen LogP contribution in [0.2, 0.25) is 0 Å². The van der Waals surface area contributed by atoms with Crippen molar-refractivity contribution >= 4 is 30.0 Å². The Morgan fingerprint density at radius 3 is 1.47 bits per heavy atom. The van der Waals surface area contributed by atoms with Crippen molar-refractivity contribution in [3.63, 3.8) is 0 Å². The molecule has 0 aliphatic carbocycles. The molecule has 0 saturated heterocycles. The average Bonchev–Trinajstić information content (AvgIpc) is 2.77. The lowest BCUT2D eigenvalue weighted by molar-refractivity contribution is 0.401. The molecular weight excluding hydrogens is 370 g/mol. The predicted octanol–water partition coefficient (Wildman–Crippen LogP) is 6.42. The Hall–Kier alpha value is -3.46. The molecule has 0 saturated carbocycles. The number of hydrogen-bond donors (Lipinski definition) is 0. The number of rotatable bonds is 7. The largest absolute Gasteiger partial charge is 0.496 e. The molecule has 0 heterocycles. The Morgan fingerprint density at radius 2 is 1.07 bits per heavy atom. The molecule has 154 valence electrons. The van der Waals surface area contributed by atoms with Gasteiger partial charge in [0.2, 0.25) is 0 Å². The molecule has 3 heteroatoms. The van der Waals surface area contributed by atoms with Crippen molar-refractivity contribution in [1.29, 1.82) is 0 Å². The first-order chi connectivity index (χ1) is 14.5. The third kappa shape index (κ3) is 5.32. The molecular formula is C27H29NO2. The van der Waals surface area contributed by atoms with E-state index < -0.39 is 0 Å². The highest BCUT2D eigenvalue weighted by molar-refractivity contribution is 5.79. The van der Waals surface area contributed by atoms with E-state index in [2.05, 4.69) is 84.7 Å². The standard InChI is InChI=1S/C27H29NO2/c1-20-6-8-21(9-7-20)10-14-23-18-27(30-5)24(19-26(23)29-4)15-11-22-12-16-25(17-13-22)28(2)3/h6-19H,1-5H3/b14-10+,15-11+. The van der Waals surface area contributed by atoms with Crippen LogP contribution in [0.5, 0.6) is 11.5 Å². The third-order valence-electron chi connectivity index (χ3n) is 4.98. The van der Waals surface area contributed by atoms with E-state index in [1.165, 1.54) is 11.3 Å². The van der Waals surface area contributed by atoms with Crippen LogP contribution in [0.1, 0.15) is 27.8 Å². The van der Waals surface area contributed by atoms with Crippen LogP contribution in [0.4, 0.5) is 5.69 Å². The molecule has 0 N–H and O–H groups in total. The highest BCUT2D eigenvalue weighted by Gasteiger charge is 2.08. The Labute approximate surface area is 179 Å². The molecule has 0 aromatic heterocycles. The smallest absolute Gasteiger partial charge is 0.126 e. The van der Waals surface area contributed by atoms with Crippen LogP contribution in [-0.2, 0) is 0 Å². The molecule has 0 unspecified atom stereocenters. The summed E-state index contributed by atoms with van der Waals surface area (Å²) in [5.41, 5.74) is 6.65. The zero-order valence-corrected chi connectivity index (χ0v) is 18.3. The number of methoxy groups -OCH3 is 2. The van der Waals surface area contributed by atoms with Crippen molar-refractivity contribution in [2.45, 2.75) is 6.92 Å². The molecule has 3 nitrogen and oxygen atoms in total. The second-order valence-corrected chi connectivity index (χ2v) is 7.40. The van der Waals surface area contributed by atoms with Gasteiger partial charge in [-0.25, -0.2) is 0 Å². The number of aryl methyl sites for hydroxylation is 1. The molecule has 0 amide bonds. The molecule has 30 heavy (non-hydrogen) atoms. The van der Waals surface area contributed by atoms with Gasteiger partial charge in [-0.1, -0.05) is 66.3 Å². The normalized spacial score (nSPS) is 11.2. The average molecular weight is 400 g/mol. The molecule has 0 bridgehead atoms. The van der Waals surface area contributed by atoms with Gasteiger partial charge in [-0.15, -0.1) is 0 Å². The number of ether oxygens (including phenoxy) is 2. The van der Waals surface area contributed by atoms with Gasteiger partial charge in [0, 0.05) is 30.9 Å². The molecule has 0 atom stereocenters. The van der Waals surface area contributed by atoms with Gasteiger partial charge in [-0.3, -0.25) is 0 Å². The molecule has 0 aliphatic heterocycles. The van der Waals surface area contributed by atoms with Crippen molar-refractivity contribution in [2.24, 2.45) is 0 Å². The monoisotopic (exact) mass is 399 g/mol. The summed E-state index contributed by atoms with van der Waals surface area (Å²) in [6.07, 6.45) is 8.27. The number of anilines is 1. The highest BCUT2D eigenvalue weighted by Crippen LogP contribution is 2.32. The summed E-state index contributed by atoms with van der Waals surface area (Å²) in [6, 6.07) is 20.9. The maximum absolute atomic E-state index is 5.64. The Bertz CT molecular complexity index is 1030. The minimum Gasteiger partial charge on any atom is -0.496 e. The van der Waals surface area contributed by atoms with Crippen LogP contribution in [0.15, 0.2) is 60.7 Å². The fraction of sp³-hybridized carbons (Fsp3) is 0.185. The molecule has 0 aliphatic rings. The molecule has 3 aromatic carbocycles. The van der Waals surface area contributed by atoms with E-state index in [0.717, 1.165) is 33.8 Å². The summed E-state index contributed by atoms with van der Waals surface area (Å²) in [5.74, 6) is 1.61. The second kappa shape index (κ2) is 9.84. The van der Waals surface area contributed by atoms with Gasteiger partial charge in [0.1, 0.15) is 11.5 Å². The lowest BCUT2D eigenvalue weighted by Gasteiger charge is -2.12. The van der Waals surface area contributed by atoms with Crippen molar-refractivity contribution in [3.8, 4) is 11.5 Å². The van der Waals surface area contributed by atoms with E-state index in [-0.39, 0.29) is 0 Å². The Balaban J connectivity index is 1.87. The number of hydrogen-bond acceptors (Lipinski definition) is 3. The fourth-order valence-electron chi connectivity index (χ4n) is 3.14. The summed E-state index contributed by atoms with van der Waals surface area (Å²) in [6.45, 7) is 2.09. The van der Waals surface area contributed by atoms with Gasteiger partial charge in [0.15, 0.2) is 0 Å². The van der Waals surface area contributed by atoms with E-state index in [1.807, 2.05) is 26.2 Å². The molecule has 3 aromatic rings. The van der Waals surface area contributed by atoms with E-state index in [0.29, 0.717) is 0 Å². The maximum atomic E-state index is 5.64. The van der Waals surface area contributed by atoms with Crippen LogP contribution < -0.4 is 14.4 Å². The predicted molar refractivity (Wildman–Crippen MR) is 129 cm³/mol. The minimum atomic E-state index is 0.806. The van der Waals surface area contributed by atoms with Crippen molar-refractivity contribution in [3.05, 3.63) is 88.5 Å². The summed E-state index contributed by atoms with van der Waals surface area (Å²) < 4.78 is 11.3. The number of nitrogens with zero attached hydrogens (tertiary/aromatic N) is 1. The van der Waals surface area contributed by atoms with Gasteiger partial charge in [0.05, 0.1) is 14.2 Å². The minimum absolute atomic E-state index is 0.806. The van der Waals surface area contributed by atoms with E-state index in [1.54, 1.807) is 14.2 Å². The van der Waals surface area contributed by atoms with Crippen molar-refractivity contribution < 1.29 is 9.47 Å². The van der Waals surface area contributed by atoms with E-state index in [4.69, 9.17) is 9.47 Å². The first kappa shape index (κ1) is 21.3. The second-order valence-electron chi connectivity index (χ2n) is 7.40. The van der Waals surface area contributed by atoms with Gasteiger partial charge < -0.3 is 14.4 Å². The zero-order chi connectivity index (χ0) is 21.5. The molecule has 3 rings (SSSR count). The third-order valence-corrected chi connectivity index (χ3v) is 4.98. The van der Waals surface area contributed by atoms with Crippen molar-refractivity contribution in [1.82, 2.24) is 0 Å². The van der Waals surface area contributed by atoms with Gasteiger partial charge >= 0.3 is 0 Å². The van der Waals surface area contributed by atoms with Gasteiger partial charge in [-0.05, 0) is 42.3 Å². The summed E-state index contributed by atoms with van der Waals surface area (Å²) in [5, 5.41) is 0. The lowest BCUT2D eigenvalue weighted by Crippen LogP contribution is -2.07. The van der Waals surface area contributed by atoms with Crippen LogP contribution in [0.25, 0.3) is 24.3 Å². The van der Waals surface area contributed by atoms with Crippen LogP contribution in [0, 0.1) is 6.92 Å². The van der Waals surface area contributed by atoms with Gasteiger partial charge in [-0.2, -0.15) is 0 Å². The van der Waals surface area contributed by atoms with E-state index >= 15 is 0 Å². The Kier molecular flexibility index (Phi) is 6.97. The summed E-state index contributed by atoms with van der Waals surface area (Å²) >= 11 is 0. The Morgan fingerprint density at radius 1 is 0.633 bits per heavy atom. The fourth-order valence-corrected chi connectivity index (χ4v) is 3.14. The molecule has 0 spiro atoms. The van der Waals surface area contributed by atoms with E-state index in [9.17, 15) is 0 Å². The molecule has 0 radical (unpaired) electrons. The van der Waals surface area contributed by atoms with Crippen LogP contribution >= 0.6 is 0 Å². The first-order valence-corrected chi connectivity index (χ1v) is 9.96. The topological polar surface area (TPSA) is 21.7 Å².